The second kappa shape index (κ2) is 6.56. The van der Waals surface area contributed by atoms with Crippen molar-refractivity contribution in [2.24, 2.45) is 17.8 Å². The van der Waals surface area contributed by atoms with Crippen molar-refractivity contribution in [3.63, 3.8) is 0 Å². The van der Waals surface area contributed by atoms with Gasteiger partial charge in [-0.2, -0.15) is 5.10 Å². The summed E-state index contributed by atoms with van der Waals surface area (Å²) in [6, 6.07) is 0. The van der Waals surface area contributed by atoms with Crippen LogP contribution in [0.3, 0.4) is 0 Å². The van der Waals surface area contributed by atoms with Crippen molar-refractivity contribution in [2.75, 3.05) is 0 Å². The predicted molar refractivity (Wildman–Crippen MR) is 77.8 cm³/mol. The number of aliphatic hydroxyl groups excluding tert-OH is 1. The largest absolute Gasteiger partial charge is 0.388 e. The fourth-order valence-electron chi connectivity index (χ4n) is 3.28. The molecule has 1 N–H and O–H groups in total. The lowest BCUT2D eigenvalue weighted by molar-refractivity contribution is 0.0667. The van der Waals surface area contributed by atoms with Crippen molar-refractivity contribution in [1.29, 1.82) is 0 Å². The predicted octanol–water partition coefficient (Wildman–Crippen LogP) is 3.79. The molecule has 0 aromatic carbocycles. The number of hydrogen-bond donors (Lipinski definition) is 1. The molecule has 1 heterocycles. The van der Waals surface area contributed by atoms with Gasteiger partial charge in [0.2, 0.25) is 0 Å². The monoisotopic (exact) mass is 264 g/mol. The number of nitrogens with zero attached hydrogens (tertiary/aromatic N) is 2. The Bertz CT molecular complexity index is 378. The van der Waals surface area contributed by atoms with Gasteiger partial charge in [0.15, 0.2) is 0 Å². The van der Waals surface area contributed by atoms with Gasteiger partial charge >= 0.3 is 0 Å². The molecule has 3 heteroatoms. The Balaban J connectivity index is 1.91. The van der Waals surface area contributed by atoms with Gasteiger partial charge in [0.25, 0.3) is 0 Å². The fourth-order valence-corrected chi connectivity index (χ4v) is 3.28. The number of aromatic nitrogens is 2. The Morgan fingerprint density at radius 3 is 2.47 bits per heavy atom. The highest BCUT2D eigenvalue weighted by Gasteiger charge is 2.29. The highest BCUT2D eigenvalue weighted by atomic mass is 16.3. The molecular weight excluding hydrogens is 236 g/mol. The second-order valence-electron chi connectivity index (χ2n) is 6.40. The molecule has 1 aromatic rings. The van der Waals surface area contributed by atoms with Crippen LogP contribution in [0.5, 0.6) is 0 Å². The number of rotatable bonds is 5. The quantitative estimate of drug-likeness (QED) is 0.878. The first kappa shape index (κ1) is 14.6. The minimum atomic E-state index is -0.321. The van der Waals surface area contributed by atoms with Gasteiger partial charge in [-0.15, -0.1) is 0 Å². The molecule has 1 unspecified atom stereocenters. The van der Waals surface area contributed by atoms with E-state index in [0.29, 0.717) is 5.92 Å². The average molecular weight is 264 g/mol. The van der Waals surface area contributed by atoms with Gasteiger partial charge in [0.05, 0.1) is 12.3 Å². The molecule has 1 aromatic heterocycles. The Kier molecular flexibility index (Phi) is 5.03. The van der Waals surface area contributed by atoms with Gasteiger partial charge in [0.1, 0.15) is 0 Å². The Hall–Kier alpha value is -0.830. The summed E-state index contributed by atoms with van der Waals surface area (Å²) in [5, 5.41) is 14.8. The summed E-state index contributed by atoms with van der Waals surface area (Å²) in [5.74, 6) is 2.06. The highest BCUT2D eigenvalue weighted by molar-refractivity contribution is 5.09. The van der Waals surface area contributed by atoms with Crippen LogP contribution >= 0.6 is 0 Å². The van der Waals surface area contributed by atoms with Crippen LogP contribution < -0.4 is 0 Å². The number of aryl methyl sites for hydroxylation is 1. The number of aliphatic hydroxyl groups is 1. The molecule has 0 spiro atoms. The van der Waals surface area contributed by atoms with Gasteiger partial charge in [-0.25, -0.2) is 0 Å². The minimum Gasteiger partial charge on any atom is -0.388 e. The lowest BCUT2D eigenvalue weighted by Crippen LogP contribution is -2.22. The van der Waals surface area contributed by atoms with Crippen LogP contribution in [0.2, 0.25) is 0 Å². The Morgan fingerprint density at radius 2 is 1.89 bits per heavy atom. The topological polar surface area (TPSA) is 38.0 Å². The summed E-state index contributed by atoms with van der Waals surface area (Å²) >= 11 is 0. The fraction of sp³-hybridized carbons (Fsp3) is 0.812. The standard InChI is InChI=1S/C16H28N2O/c1-4-9-18-11-15(10-17-18)16(19)14-7-5-13(6-8-14)12(2)3/h10-14,16,19H,4-9H2,1-3H3. The van der Waals surface area contributed by atoms with Crippen LogP contribution in [0.4, 0.5) is 0 Å². The van der Waals surface area contributed by atoms with Gasteiger partial charge < -0.3 is 5.11 Å². The maximum Gasteiger partial charge on any atom is 0.0848 e. The first-order valence-corrected chi connectivity index (χ1v) is 7.82. The van der Waals surface area contributed by atoms with E-state index in [-0.39, 0.29) is 6.10 Å². The molecule has 19 heavy (non-hydrogen) atoms. The molecule has 0 bridgehead atoms. The van der Waals surface area contributed by atoms with Crippen LogP contribution in [0.1, 0.15) is 64.5 Å². The lowest BCUT2D eigenvalue weighted by atomic mass is 9.74. The van der Waals surface area contributed by atoms with Crippen molar-refractivity contribution < 1.29 is 5.11 Å². The molecule has 1 fully saturated rings. The zero-order chi connectivity index (χ0) is 13.8. The lowest BCUT2D eigenvalue weighted by Gasteiger charge is -2.33. The smallest absolute Gasteiger partial charge is 0.0848 e. The van der Waals surface area contributed by atoms with E-state index in [1.165, 1.54) is 12.8 Å². The van der Waals surface area contributed by atoms with E-state index in [2.05, 4.69) is 25.9 Å². The van der Waals surface area contributed by atoms with Crippen LogP contribution in [-0.2, 0) is 6.54 Å². The van der Waals surface area contributed by atoms with E-state index >= 15 is 0 Å². The summed E-state index contributed by atoms with van der Waals surface area (Å²) in [4.78, 5) is 0. The molecule has 1 atom stereocenters. The molecule has 0 radical (unpaired) electrons. The number of hydrogen-bond acceptors (Lipinski definition) is 2. The SMILES string of the molecule is CCCn1cc(C(O)C2CCC(C(C)C)CC2)cn1. The van der Waals surface area contributed by atoms with E-state index in [0.717, 1.165) is 43.2 Å². The zero-order valence-corrected chi connectivity index (χ0v) is 12.5. The normalized spacial score (nSPS) is 25.7. The van der Waals surface area contributed by atoms with Gasteiger partial charge in [-0.3, -0.25) is 4.68 Å². The molecule has 1 aliphatic rings. The summed E-state index contributed by atoms with van der Waals surface area (Å²) in [5.41, 5.74) is 1.00. The van der Waals surface area contributed by atoms with E-state index in [9.17, 15) is 5.11 Å². The van der Waals surface area contributed by atoms with Crippen molar-refractivity contribution in [3.8, 4) is 0 Å². The van der Waals surface area contributed by atoms with Crippen molar-refractivity contribution in [3.05, 3.63) is 18.0 Å². The van der Waals surface area contributed by atoms with E-state index in [1.54, 1.807) is 0 Å². The molecule has 0 saturated heterocycles. The van der Waals surface area contributed by atoms with E-state index in [4.69, 9.17) is 0 Å². The van der Waals surface area contributed by atoms with Crippen LogP contribution in [0, 0.1) is 17.8 Å². The Labute approximate surface area is 117 Å². The maximum atomic E-state index is 10.5. The van der Waals surface area contributed by atoms with E-state index in [1.807, 2.05) is 17.1 Å². The van der Waals surface area contributed by atoms with Crippen LogP contribution in [0.15, 0.2) is 12.4 Å². The van der Waals surface area contributed by atoms with E-state index < -0.39 is 0 Å². The first-order valence-electron chi connectivity index (χ1n) is 7.82. The summed E-state index contributed by atoms with van der Waals surface area (Å²) in [7, 11) is 0. The molecular formula is C16H28N2O. The summed E-state index contributed by atoms with van der Waals surface area (Å²) < 4.78 is 1.94. The van der Waals surface area contributed by atoms with Crippen LogP contribution in [0.25, 0.3) is 0 Å². The third-order valence-corrected chi connectivity index (χ3v) is 4.65. The molecule has 1 saturated carbocycles. The summed E-state index contributed by atoms with van der Waals surface area (Å²) in [6.07, 6.45) is 9.46. The maximum absolute atomic E-state index is 10.5. The van der Waals surface area contributed by atoms with Gasteiger partial charge in [-0.05, 0) is 49.9 Å². The van der Waals surface area contributed by atoms with Crippen molar-refractivity contribution in [1.82, 2.24) is 9.78 Å². The third kappa shape index (κ3) is 3.59. The second-order valence-corrected chi connectivity index (χ2v) is 6.40. The molecule has 0 amide bonds. The molecule has 0 aliphatic heterocycles. The third-order valence-electron chi connectivity index (χ3n) is 4.65. The Morgan fingerprint density at radius 1 is 1.26 bits per heavy atom. The van der Waals surface area contributed by atoms with Crippen LogP contribution in [-0.4, -0.2) is 14.9 Å². The van der Waals surface area contributed by atoms with Crippen molar-refractivity contribution in [2.45, 2.75) is 65.5 Å². The summed E-state index contributed by atoms with van der Waals surface area (Å²) in [6.45, 7) is 7.71. The molecule has 2 rings (SSSR count). The first-order chi connectivity index (χ1) is 9.11. The highest BCUT2D eigenvalue weighted by Crippen LogP contribution is 2.39. The minimum absolute atomic E-state index is 0.321. The zero-order valence-electron chi connectivity index (χ0n) is 12.5. The van der Waals surface area contributed by atoms with Gasteiger partial charge in [0, 0.05) is 18.3 Å². The molecule has 1 aliphatic carbocycles. The molecule has 108 valence electrons. The van der Waals surface area contributed by atoms with Gasteiger partial charge in [-0.1, -0.05) is 20.8 Å². The van der Waals surface area contributed by atoms with Crippen molar-refractivity contribution >= 4 is 0 Å². The average Bonchev–Trinajstić information content (AvgIpc) is 2.87. The molecule has 3 nitrogen and oxygen atoms in total.